The van der Waals surface area contributed by atoms with Crippen LogP contribution in [0.15, 0.2) is 36.9 Å². The van der Waals surface area contributed by atoms with Crippen molar-refractivity contribution < 1.29 is 64.7 Å². The van der Waals surface area contributed by atoms with Crippen molar-refractivity contribution in [2.45, 2.75) is 93.0 Å². The van der Waals surface area contributed by atoms with E-state index in [0.29, 0.717) is 30.5 Å². The average Bonchev–Trinajstić information content (AvgIpc) is 3.00. The fourth-order valence-electron chi connectivity index (χ4n) is 5.11. The summed E-state index contributed by atoms with van der Waals surface area (Å²) < 4.78 is 16.5. The third-order valence-corrected chi connectivity index (χ3v) is 7.66. The molecule has 2 aliphatic rings. The highest BCUT2D eigenvalue weighted by atomic mass is 16.7. The summed E-state index contributed by atoms with van der Waals surface area (Å²) >= 11 is 0. The van der Waals surface area contributed by atoms with Crippen LogP contribution in [0, 0.1) is 0 Å². The first-order chi connectivity index (χ1) is 20.0. The molecule has 2 fully saturated rings. The molecule has 236 valence electrons. The number of hydrogen-bond donors (Lipinski definition) is 9. The van der Waals surface area contributed by atoms with Crippen LogP contribution in [0.25, 0.3) is 0 Å². The first kappa shape index (κ1) is 34.2. The van der Waals surface area contributed by atoms with Crippen molar-refractivity contribution >= 4 is 11.7 Å². The summed E-state index contributed by atoms with van der Waals surface area (Å²) in [6, 6.07) is 6.51. The molecule has 0 spiro atoms. The van der Waals surface area contributed by atoms with Gasteiger partial charge in [-0.15, -0.1) is 0 Å². The van der Waals surface area contributed by atoms with Gasteiger partial charge in [0.25, 0.3) is 0 Å². The van der Waals surface area contributed by atoms with Crippen LogP contribution in [0.3, 0.4) is 0 Å². The van der Waals surface area contributed by atoms with Crippen LogP contribution in [-0.2, 0) is 25.6 Å². The first-order valence-corrected chi connectivity index (χ1v) is 13.8. The number of aliphatic hydroxyl groups is 8. The molecule has 9 N–H and O–H groups in total. The van der Waals surface area contributed by atoms with Gasteiger partial charge in [-0.05, 0) is 24.5 Å². The van der Waals surface area contributed by atoms with Gasteiger partial charge in [0.2, 0.25) is 5.91 Å². The van der Waals surface area contributed by atoms with Gasteiger partial charge in [0.05, 0.1) is 19.8 Å². The minimum Gasteiger partial charge on any atom is -0.394 e. The Morgan fingerprint density at radius 1 is 0.929 bits per heavy atom. The highest BCUT2D eigenvalue weighted by molar-refractivity contribution is 5.96. The number of ketones is 1. The number of amides is 1. The Hall–Kier alpha value is -2.34. The van der Waals surface area contributed by atoms with Gasteiger partial charge in [-0.1, -0.05) is 37.3 Å². The van der Waals surface area contributed by atoms with Crippen LogP contribution in [0.4, 0.5) is 0 Å². The van der Waals surface area contributed by atoms with Crippen molar-refractivity contribution in [3.8, 4) is 0 Å². The van der Waals surface area contributed by atoms with Gasteiger partial charge in [0.15, 0.2) is 17.7 Å². The number of aliphatic hydroxyl groups excluding tert-OH is 7. The fraction of sp³-hybridized carbons (Fsp3) is 0.643. The zero-order valence-electron chi connectivity index (χ0n) is 23.1. The van der Waals surface area contributed by atoms with Crippen LogP contribution in [-0.4, -0.2) is 133 Å². The molecule has 10 atom stereocenters. The lowest BCUT2D eigenvalue weighted by Gasteiger charge is -2.54. The van der Waals surface area contributed by atoms with Crippen LogP contribution < -0.4 is 5.32 Å². The van der Waals surface area contributed by atoms with E-state index in [-0.39, 0.29) is 18.3 Å². The summed E-state index contributed by atoms with van der Waals surface area (Å²) in [7, 11) is 0. The zero-order chi connectivity index (χ0) is 31.0. The maximum atomic E-state index is 12.5. The Labute approximate surface area is 242 Å². The summed E-state index contributed by atoms with van der Waals surface area (Å²) in [6.07, 6.45) is -12.4. The number of ether oxygens (including phenoxy) is 3. The van der Waals surface area contributed by atoms with Crippen LogP contribution in [0.2, 0.25) is 0 Å². The quantitative estimate of drug-likeness (QED) is 0.0600. The molecule has 0 unspecified atom stereocenters. The molecule has 3 rings (SSSR count). The molecule has 0 aromatic heterocycles. The largest absolute Gasteiger partial charge is 0.394 e. The predicted octanol–water partition coefficient (Wildman–Crippen LogP) is -2.74. The zero-order valence-corrected chi connectivity index (χ0v) is 23.1. The summed E-state index contributed by atoms with van der Waals surface area (Å²) in [5.41, 5.74) is -1.60. The van der Waals surface area contributed by atoms with E-state index >= 15 is 0 Å². The van der Waals surface area contributed by atoms with Crippen molar-refractivity contribution in [2.75, 3.05) is 19.8 Å². The van der Waals surface area contributed by atoms with E-state index in [1.54, 1.807) is 24.3 Å². The Morgan fingerprint density at radius 2 is 1.62 bits per heavy atom. The topological polar surface area (TPSA) is 236 Å². The molecule has 2 heterocycles. The third kappa shape index (κ3) is 7.59. The maximum absolute atomic E-state index is 12.5. The second kappa shape index (κ2) is 15.4. The van der Waals surface area contributed by atoms with E-state index in [9.17, 15) is 50.4 Å². The molecular weight excluding hydrogens is 558 g/mol. The average molecular weight is 600 g/mol. The summed E-state index contributed by atoms with van der Waals surface area (Å²) in [6.45, 7) is 2.03. The van der Waals surface area contributed by atoms with Gasteiger partial charge < -0.3 is 60.4 Å². The minimum atomic E-state index is -2.68. The number of nitrogens with one attached hydrogen (secondary N) is 1. The van der Waals surface area contributed by atoms with E-state index in [2.05, 4.69) is 11.9 Å². The standard InChI is InChI=1S/C28H41NO13/c1-2-20(33)29-11-5-3-4-6-17(32)16-9-7-15(8-10-16)14-40-27-24(37)25(38)28(39,19(13-31)42-27)26-23(36)22(35)21(34)18(12-30)41-26/h2,7-10,18-19,21-27,30-31,34-39H,1,3-6,11-14H2,(H,29,33)/t18-,19-,21+,22+,23-,24-,25-,26-,27+,28-/m1/s1. The number of rotatable bonds is 14. The molecule has 2 aliphatic heterocycles. The van der Waals surface area contributed by atoms with Gasteiger partial charge in [-0.25, -0.2) is 0 Å². The lowest BCUT2D eigenvalue weighted by molar-refractivity contribution is -0.374. The Morgan fingerprint density at radius 3 is 2.24 bits per heavy atom. The van der Waals surface area contributed by atoms with Crippen molar-refractivity contribution in [1.29, 1.82) is 0 Å². The molecule has 0 bridgehead atoms. The second-order valence-corrected chi connectivity index (χ2v) is 10.5. The van der Waals surface area contributed by atoms with Gasteiger partial charge >= 0.3 is 0 Å². The lowest BCUT2D eigenvalue weighted by atomic mass is 9.75. The Balaban J connectivity index is 1.55. The predicted molar refractivity (Wildman–Crippen MR) is 144 cm³/mol. The van der Waals surface area contributed by atoms with Crippen molar-refractivity contribution in [1.82, 2.24) is 5.32 Å². The van der Waals surface area contributed by atoms with Gasteiger partial charge in [0.1, 0.15) is 48.8 Å². The molecule has 42 heavy (non-hydrogen) atoms. The van der Waals surface area contributed by atoms with E-state index < -0.39 is 73.9 Å². The number of carbonyl (C=O) groups is 2. The normalized spacial score (nSPS) is 35.0. The highest BCUT2D eigenvalue weighted by Gasteiger charge is 2.64. The molecule has 0 saturated carbocycles. The van der Waals surface area contributed by atoms with Gasteiger partial charge in [0, 0.05) is 18.5 Å². The van der Waals surface area contributed by atoms with E-state index in [0.717, 1.165) is 12.8 Å². The third-order valence-electron chi connectivity index (χ3n) is 7.66. The first-order valence-electron chi connectivity index (χ1n) is 13.8. The highest BCUT2D eigenvalue weighted by Crippen LogP contribution is 2.39. The molecule has 0 aliphatic carbocycles. The summed E-state index contributed by atoms with van der Waals surface area (Å²) in [5, 5.41) is 85.6. The number of hydrogen-bond acceptors (Lipinski definition) is 13. The number of carbonyl (C=O) groups excluding carboxylic acids is 2. The molecule has 1 aromatic rings. The van der Waals surface area contributed by atoms with E-state index in [1.807, 2.05) is 0 Å². The number of unbranched alkanes of at least 4 members (excludes halogenated alkanes) is 2. The smallest absolute Gasteiger partial charge is 0.243 e. The van der Waals surface area contributed by atoms with Crippen LogP contribution >= 0.6 is 0 Å². The van der Waals surface area contributed by atoms with Crippen molar-refractivity contribution in [3.63, 3.8) is 0 Å². The molecule has 0 radical (unpaired) electrons. The van der Waals surface area contributed by atoms with Crippen molar-refractivity contribution in [2.24, 2.45) is 0 Å². The molecule has 14 heteroatoms. The minimum absolute atomic E-state index is 0.0509. The van der Waals surface area contributed by atoms with Gasteiger partial charge in [-0.2, -0.15) is 0 Å². The van der Waals surface area contributed by atoms with Crippen LogP contribution in [0.5, 0.6) is 0 Å². The van der Waals surface area contributed by atoms with E-state index in [1.165, 1.54) is 6.08 Å². The SMILES string of the molecule is C=CC(=O)NCCCCCC(=O)c1ccc(CO[C@H]2O[C@H](CO)[C@](O)([C@@H]3O[C@H](CO)[C@H](O)[C@H](O)[C@H]3O)[C@H](O)[C@H]2O)cc1. The van der Waals surface area contributed by atoms with Gasteiger partial charge in [-0.3, -0.25) is 9.59 Å². The fourth-order valence-corrected chi connectivity index (χ4v) is 5.11. The Bertz CT molecular complexity index is 1030. The lowest BCUT2D eigenvalue weighted by Crippen LogP contribution is -2.77. The molecule has 1 amide bonds. The second-order valence-electron chi connectivity index (χ2n) is 10.5. The summed E-state index contributed by atoms with van der Waals surface area (Å²) in [4.78, 5) is 23.6. The Kier molecular flexibility index (Phi) is 12.5. The molecule has 2 saturated heterocycles. The number of benzene rings is 1. The van der Waals surface area contributed by atoms with E-state index in [4.69, 9.17) is 14.2 Å². The molecule has 1 aromatic carbocycles. The monoisotopic (exact) mass is 599 g/mol. The summed E-state index contributed by atoms with van der Waals surface area (Å²) in [5.74, 6) is -0.288. The molecule has 14 nitrogen and oxygen atoms in total. The maximum Gasteiger partial charge on any atom is 0.243 e. The van der Waals surface area contributed by atoms with Crippen molar-refractivity contribution in [3.05, 3.63) is 48.0 Å². The van der Waals surface area contributed by atoms with Crippen LogP contribution in [0.1, 0.15) is 41.6 Å². The molecular formula is C28H41NO13. The number of Topliss-reactive ketones (excluding diaryl/α,β-unsaturated/α-hetero) is 1.